The van der Waals surface area contributed by atoms with E-state index in [0.717, 1.165) is 45.0 Å². The number of para-hydroxylation sites is 5. The molecule has 0 N–H and O–H groups in total. The quantitative estimate of drug-likeness (QED) is 0.177. The summed E-state index contributed by atoms with van der Waals surface area (Å²) in [7, 11) is 0. The maximum absolute atomic E-state index is 5.20. The molecule has 5 nitrogen and oxygen atoms in total. The van der Waals surface area contributed by atoms with Gasteiger partial charge in [0.15, 0.2) is 11.6 Å². The van der Waals surface area contributed by atoms with Crippen LogP contribution in [0.2, 0.25) is 0 Å². The van der Waals surface area contributed by atoms with Crippen LogP contribution < -0.4 is 0 Å². The lowest BCUT2D eigenvalue weighted by Crippen LogP contribution is -2.03. The van der Waals surface area contributed by atoms with Gasteiger partial charge in [0.2, 0.25) is 0 Å². The van der Waals surface area contributed by atoms with Crippen molar-refractivity contribution in [3.8, 4) is 39.8 Å². The van der Waals surface area contributed by atoms with Crippen molar-refractivity contribution in [2.24, 2.45) is 0 Å². The van der Waals surface area contributed by atoms with Gasteiger partial charge >= 0.3 is 0 Å². The van der Waals surface area contributed by atoms with Gasteiger partial charge in [-0.1, -0.05) is 133 Å². The number of nitrogens with zero attached hydrogens (tertiary/aromatic N) is 5. The molecule has 12 aromatic rings. The van der Waals surface area contributed by atoms with Crippen LogP contribution in [-0.2, 0) is 0 Å². The average Bonchev–Trinajstić information content (AvgIpc) is 4.04. The van der Waals surface area contributed by atoms with Crippen LogP contribution in [0, 0.1) is 0 Å². The molecule has 0 unspecified atom stereocenters. The summed E-state index contributed by atoms with van der Waals surface area (Å²) in [6.07, 6.45) is 0. The molecule has 12 rings (SSSR count). The van der Waals surface area contributed by atoms with Gasteiger partial charge in [0.25, 0.3) is 0 Å². The van der Waals surface area contributed by atoms with Gasteiger partial charge in [-0.15, -0.1) is 16.4 Å². The second-order valence-corrected chi connectivity index (χ2v) is 15.3. The summed E-state index contributed by atoms with van der Waals surface area (Å²) in [4.78, 5) is 5.20. The predicted octanol–water partition coefficient (Wildman–Crippen LogP) is 13.2. The standard InChI is InChI=1S/C50H31N5S/c1-3-15-32(16-4-1)49-51-50(55(52-49)34-17-5-2-6-18-34)33-27-28-36-35-19-7-10-22-40(35)54(45(36)31-33)43-25-13-12-24-42(43)53-41-23-11-8-21-39(41)47-44(53)30-29-38-37-20-9-14-26-46(37)56-48(38)47/h1-31H. The van der Waals surface area contributed by atoms with E-state index in [9.17, 15) is 0 Å². The maximum atomic E-state index is 5.20. The highest BCUT2D eigenvalue weighted by molar-refractivity contribution is 7.26. The molecule has 0 aliphatic heterocycles. The van der Waals surface area contributed by atoms with Crippen molar-refractivity contribution in [1.82, 2.24) is 23.9 Å². The number of benzene rings is 8. The molecule has 56 heavy (non-hydrogen) atoms. The van der Waals surface area contributed by atoms with Crippen molar-refractivity contribution >= 4 is 75.1 Å². The molecule has 0 aliphatic rings. The van der Waals surface area contributed by atoms with E-state index in [1.54, 1.807) is 0 Å². The van der Waals surface area contributed by atoms with Gasteiger partial charge in [0.1, 0.15) is 0 Å². The van der Waals surface area contributed by atoms with E-state index in [2.05, 4.69) is 161 Å². The Kier molecular flexibility index (Phi) is 6.73. The number of aromatic nitrogens is 5. The minimum Gasteiger partial charge on any atom is -0.307 e. The molecule has 0 spiro atoms. The first-order chi connectivity index (χ1) is 27.8. The van der Waals surface area contributed by atoms with Crippen molar-refractivity contribution in [3.05, 3.63) is 188 Å². The molecule has 0 atom stereocenters. The predicted molar refractivity (Wildman–Crippen MR) is 234 cm³/mol. The highest BCUT2D eigenvalue weighted by Crippen LogP contribution is 2.44. The minimum absolute atomic E-state index is 0.689. The van der Waals surface area contributed by atoms with Crippen LogP contribution in [-0.4, -0.2) is 23.9 Å². The fourth-order valence-corrected chi connectivity index (χ4v) is 9.92. The Bertz CT molecular complexity index is 3480. The number of thiophene rings is 1. The normalized spacial score (nSPS) is 11.9. The largest absolute Gasteiger partial charge is 0.307 e. The summed E-state index contributed by atoms with van der Waals surface area (Å²) in [5.74, 6) is 1.48. The highest BCUT2D eigenvalue weighted by Gasteiger charge is 2.22. The topological polar surface area (TPSA) is 40.6 Å². The van der Waals surface area contributed by atoms with Crippen molar-refractivity contribution in [2.45, 2.75) is 0 Å². The van der Waals surface area contributed by atoms with Gasteiger partial charge < -0.3 is 9.13 Å². The zero-order chi connectivity index (χ0) is 36.7. The Morgan fingerprint density at radius 2 is 1.00 bits per heavy atom. The zero-order valence-corrected chi connectivity index (χ0v) is 30.9. The maximum Gasteiger partial charge on any atom is 0.182 e. The Labute approximate surface area is 325 Å². The van der Waals surface area contributed by atoms with Crippen LogP contribution >= 0.6 is 11.3 Å². The van der Waals surface area contributed by atoms with Crippen molar-refractivity contribution in [1.29, 1.82) is 0 Å². The smallest absolute Gasteiger partial charge is 0.182 e. The molecule has 4 heterocycles. The molecule has 0 bridgehead atoms. The first-order valence-corrected chi connectivity index (χ1v) is 19.7. The second-order valence-electron chi connectivity index (χ2n) is 14.2. The number of fused-ring (bicyclic) bond motifs is 10. The molecule has 8 aromatic carbocycles. The lowest BCUT2D eigenvalue weighted by Gasteiger charge is -2.17. The third kappa shape index (κ3) is 4.54. The first-order valence-electron chi connectivity index (χ1n) is 18.8. The minimum atomic E-state index is 0.689. The molecule has 0 fully saturated rings. The van der Waals surface area contributed by atoms with E-state index in [1.165, 1.54) is 52.8 Å². The van der Waals surface area contributed by atoms with Gasteiger partial charge in [-0.25, -0.2) is 9.67 Å². The Balaban J connectivity index is 1.13. The van der Waals surface area contributed by atoms with E-state index in [-0.39, 0.29) is 0 Å². The highest BCUT2D eigenvalue weighted by atomic mass is 32.1. The van der Waals surface area contributed by atoms with Gasteiger partial charge in [-0.2, -0.15) is 0 Å². The van der Waals surface area contributed by atoms with E-state index in [0.29, 0.717) is 5.82 Å². The lowest BCUT2D eigenvalue weighted by atomic mass is 10.1. The molecular weight excluding hydrogens is 703 g/mol. The fraction of sp³-hybridized carbons (Fsp3) is 0. The van der Waals surface area contributed by atoms with Crippen LogP contribution in [0.1, 0.15) is 0 Å². The van der Waals surface area contributed by atoms with Gasteiger partial charge in [-0.3, -0.25) is 0 Å². The number of hydrogen-bond acceptors (Lipinski definition) is 3. The third-order valence-corrected chi connectivity index (χ3v) is 12.3. The van der Waals surface area contributed by atoms with Crippen LogP contribution in [0.4, 0.5) is 0 Å². The Morgan fingerprint density at radius 3 is 1.79 bits per heavy atom. The Hall–Kier alpha value is -7.28. The molecule has 0 saturated carbocycles. The van der Waals surface area contributed by atoms with Crippen LogP contribution in [0.15, 0.2) is 188 Å². The van der Waals surface area contributed by atoms with E-state index in [1.807, 2.05) is 52.4 Å². The molecule has 0 amide bonds. The van der Waals surface area contributed by atoms with Gasteiger partial charge in [0.05, 0.1) is 39.1 Å². The molecule has 0 saturated heterocycles. The summed E-state index contributed by atoms with van der Waals surface area (Å²) in [5.41, 5.74) is 9.78. The molecule has 4 aromatic heterocycles. The van der Waals surface area contributed by atoms with Crippen molar-refractivity contribution < 1.29 is 0 Å². The van der Waals surface area contributed by atoms with Gasteiger partial charge in [-0.05, 0) is 54.6 Å². The summed E-state index contributed by atoms with van der Waals surface area (Å²) in [6, 6.07) is 67.0. The monoisotopic (exact) mass is 733 g/mol. The zero-order valence-electron chi connectivity index (χ0n) is 30.0. The fourth-order valence-electron chi connectivity index (χ4n) is 8.66. The molecule has 262 valence electrons. The number of rotatable bonds is 5. The average molecular weight is 734 g/mol. The van der Waals surface area contributed by atoms with E-state index < -0.39 is 0 Å². The second kappa shape index (κ2) is 12.1. The van der Waals surface area contributed by atoms with E-state index in [4.69, 9.17) is 10.1 Å². The Morgan fingerprint density at radius 1 is 0.411 bits per heavy atom. The molecule has 6 heteroatoms. The number of hydrogen-bond donors (Lipinski definition) is 0. The van der Waals surface area contributed by atoms with Gasteiger partial charge in [0, 0.05) is 52.8 Å². The van der Waals surface area contributed by atoms with Crippen LogP contribution in [0.3, 0.4) is 0 Å². The van der Waals surface area contributed by atoms with Crippen LogP contribution in [0.25, 0.3) is 104 Å². The molecule has 0 radical (unpaired) electrons. The third-order valence-electron chi connectivity index (χ3n) is 11.1. The summed E-state index contributed by atoms with van der Waals surface area (Å²) in [5, 5.41) is 12.6. The van der Waals surface area contributed by atoms with Crippen molar-refractivity contribution in [3.63, 3.8) is 0 Å². The SMILES string of the molecule is c1ccc(-c2nc(-c3ccc4c5ccccc5n(-c5ccccc5-n5c6ccccc6c6c7sc8ccccc8c7ccc65)c4c3)n(-c3ccccc3)n2)cc1. The summed E-state index contributed by atoms with van der Waals surface area (Å²) in [6.45, 7) is 0. The summed E-state index contributed by atoms with van der Waals surface area (Å²) >= 11 is 1.89. The first kappa shape index (κ1) is 31.1. The van der Waals surface area contributed by atoms with E-state index >= 15 is 0 Å². The van der Waals surface area contributed by atoms with Crippen LogP contribution in [0.5, 0.6) is 0 Å². The molecular formula is C50H31N5S. The molecule has 0 aliphatic carbocycles. The van der Waals surface area contributed by atoms with Crippen molar-refractivity contribution in [2.75, 3.05) is 0 Å². The lowest BCUT2D eigenvalue weighted by molar-refractivity contribution is 0.890. The summed E-state index contributed by atoms with van der Waals surface area (Å²) < 4.78 is 9.51.